The van der Waals surface area contributed by atoms with Crippen LogP contribution in [-0.4, -0.2) is 30.8 Å². The van der Waals surface area contributed by atoms with Crippen molar-refractivity contribution < 1.29 is 9.90 Å². The highest BCUT2D eigenvalue weighted by Crippen LogP contribution is 2.27. The van der Waals surface area contributed by atoms with Gasteiger partial charge in [0.2, 0.25) is 0 Å². The van der Waals surface area contributed by atoms with E-state index in [-0.39, 0.29) is 5.69 Å². The molecule has 0 aliphatic carbocycles. The Morgan fingerprint density at radius 2 is 1.88 bits per heavy atom. The van der Waals surface area contributed by atoms with Crippen molar-refractivity contribution >= 4 is 16.9 Å². The van der Waals surface area contributed by atoms with E-state index in [2.05, 4.69) is 15.1 Å². The predicted molar refractivity (Wildman–Crippen MR) is 89.1 cm³/mol. The van der Waals surface area contributed by atoms with Gasteiger partial charge in [0.05, 0.1) is 16.9 Å². The number of aromatic nitrogens is 4. The normalized spacial score (nSPS) is 10.8. The van der Waals surface area contributed by atoms with E-state index in [1.54, 1.807) is 35.4 Å². The molecule has 0 atom stereocenters. The lowest BCUT2D eigenvalue weighted by molar-refractivity contribution is 0.0690. The second-order valence-electron chi connectivity index (χ2n) is 5.23. The standard InChI is InChI=1S/C18H12N4O2/c23-18(24)14-10-16(13-6-2-8-19-11-13)22(21-14)15-7-1-4-12-5-3-9-20-17(12)15/h1-11H,(H,23,24). The maximum absolute atomic E-state index is 11.4. The molecule has 0 bridgehead atoms. The summed E-state index contributed by atoms with van der Waals surface area (Å²) in [6, 6.07) is 14.7. The molecule has 24 heavy (non-hydrogen) atoms. The van der Waals surface area contributed by atoms with Gasteiger partial charge in [-0.05, 0) is 30.3 Å². The SMILES string of the molecule is O=C(O)c1cc(-c2cccnc2)n(-c2cccc3cccnc23)n1. The van der Waals surface area contributed by atoms with Crippen LogP contribution in [0.1, 0.15) is 10.5 Å². The number of para-hydroxylation sites is 1. The number of fused-ring (bicyclic) bond motifs is 1. The lowest BCUT2D eigenvalue weighted by atomic mass is 10.1. The number of benzene rings is 1. The molecule has 4 rings (SSSR count). The minimum atomic E-state index is -1.08. The highest BCUT2D eigenvalue weighted by atomic mass is 16.4. The van der Waals surface area contributed by atoms with E-state index < -0.39 is 5.97 Å². The van der Waals surface area contributed by atoms with E-state index in [4.69, 9.17) is 0 Å². The highest BCUT2D eigenvalue weighted by molar-refractivity contribution is 5.89. The molecule has 0 saturated carbocycles. The molecule has 0 spiro atoms. The molecule has 0 aliphatic heterocycles. The van der Waals surface area contributed by atoms with Gasteiger partial charge in [0, 0.05) is 29.5 Å². The molecule has 6 heteroatoms. The van der Waals surface area contributed by atoms with Crippen molar-refractivity contribution in [3.05, 3.63) is 72.8 Å². The summed E-state index contributed by atoms with van der Waals surface area (Å²) in [5.41, 5.74) is 2.88. The van der Waals surface area contributed by atoms with Crippen LogP contribution in [-0.2, 0) is 0 Å². The van der Waals surface area contributed by atoms with Gasteiger partial charge in [-0.2, -0.15) is 5.10 Å². The van der Waals surface area contributed by atoms with Crippen molar-refractivity contribution in [1.29, 1.82) is 0 Å². The average Bonchev–Trinajstić information content (AvgIpc) is 3.07. The average molecular weight is 316 g/mol. The number of pyridine rings is 2. The fraction of sp³-hybridized carbons (Fsp3) is 0. The molecule has 3 heterocycles. The van der Waals surface area contributed by atoms with Crippen molar-refractivity contribution in [2.75, 3.05) is 0 Å². The lowest BCUT2D eigenvalue weighted by Crippen LogP contribution is -2.03. The number of aromatic carboxylic acids is 1. The summed E-state index contributed by atoms with van der Waals surface area (Å²) in [6.45, 7) is 0. The Hall–Kier alpha value is -3.54. The van der Waals surface area contributed by atoms with E-state index in [0.717, 1.165) is 22.2 Å². The maximum Gasteiger partial charge on any atom is 0.356 e. The summed E-state index contributed by atoms with van der Waals surface area (Å²) in [6.07, 6.45) is 5.05. The molecule has 0 fully saturated rings. The lowest BCUT2D eigenvalue weighted by Gasteiger charge is -2.09. The molecule has 0 unspecified atom stereocenters. The molecule has 0 saturated heterocycles. The Kier molecular flexibility index (Phi) is 3.28. The van der Waals surface area contributed by atoms with E-state index >= 15 is 0 Å². The molecule has 6 nitrogen and oxygen atoms in total. The first-order chi connectivity index (χ1) is 11.7. The zero-order valence-electron chi connectivity index (χ0n) is 12.5. The summed E-state index contributed by atoms with van der Waals surface area (Å²) >= 11 is 0. The van der Waals surface area contributed by atoms with Crippen LogP contribution in [0.4, 0.5) is 0 Å². The van der Waals surface area contributed by atoms with Crippen LogP contribution in [0.25, 0.3) is 27.8 Å². The molecule has 116 valence electrons. The number of nitrogens with zero attached hydrogens (tertiary/aromatic N) is 4. The van der Waals surface area contributed by atoms with Crippen LogP contribution in [0.3, 0.4) is 0 Å². The topological polar surface area (TPSA) is 80.9 Å². The summed E-state index contributed by atoms with van der Waals surface area (Å²) in [4.78, 5) is 19.9. The summed E-state index contributed by atoms with van der Waals surface area (Å²) in [5.74, 6) is -1.08. The molecule has 0 aliphatic rings. The van der Waals surface area contributed by atoms with Gasteiger partial charge in [-0.1, -0.05) is 18.2 Å². The summed E-state index contributed by atoms with van der Waals surface area (Å²) < 4.78 is 1.61. The van der Waals surface area contributed by atoms with Gasteiger partial charge in [0.25, 0.3) is 0 Å². The van der Waals surface area contributed by atoms with E-state index in [0.29, 0.717) is 5.69 Å². The molecular weight excluding hydrogens is 304 g/mol. The van der Waals surface area contributed by atoms with Gasteiger partial charge in [0.1, 0.15) is 0 Å². The second kappa shape index (κ2) is 5.58. The van der Waals surface area contributed by atoms with Gasteiger partial charge in [0.15, 0.2) is 5.69 Å². The molecule has 0 radical (unpaired) electrons. The van der Waals surface area contributed by atoms with Crippen LogP contribution in [0, 0.1) is 0 Å². The molecule has 1 N–H and O–H groups in total. The first-order valence-electron chi connectivity index (χ1n) is 7.32. The van der Waals surface area contributed by atoms with Gasteiger partial charge in [-0.15, -0.1) is 0 Å². The molecule has 3 aromatic heterocycles. The van der Waals surface area contributed by atoms with Crippen LogP contribution >= 0.6 is 0 Å². The monoisotopic (exact) mass is 316 g/mol. The number of hydrogen-bond acceptors (Lipinski definition) is 4. The third-order valence-corrected chi connectivity index (χ3v) is 3.73. The largest absolute Gasteiger partial charge is 0.476 e. The Bertz CT molecular complexity index is 1040. The van der Waals surface area contributed by atoms with Gasteiger partial charge < -0.3 is 5.11 Å². The fourth-order valence-electron chi connectivity index (χ4n) is 2.65. The van der Waals surface area contributed by atoms with Gasteiger partial charge in [-0.3, -0.25) is 9.97 Å². The van der Waals surface area contributed by atoms with Gasteiger partial charge in [-0.25, -0.2) is 9.48 Å². The van der Waals surface area contributed by atoms with Crippen molar-refractivity contribution in [3.8, 4) is 16.9 Å². The first-order valence-corrected chi connectivity index (χ1v) is 7.32. The van der Waals surface area contributed by atoms with Crippen molar-refractivity contribution in [2.45, 2.75) is 0 Å². The Morgan fingerprint density at radius 1 is 1.04 bits per heavy atom. The van der Waals surface area contributed by atoms with E-state index in [1.165, 1.54) is 0 Å². The van der Waals surface area contributed by atoms with Gasteiger partial charge >= 0.3 is 5.97 Å². The highest BCUT2D eigenvalue weighted by Gasteiger charge is 2.17. The molecule has 1 aromatic carbocycles. The van der Waals surface area contributed by atoms with Crippen LogP contribution in [0.2, 0.25) is 0 Å². The summed E-state index contributed by atoms with van der Waals surface area (Å²) in [7, 11) is 0. The van der Waals surface area contributed by atoms with Crippen LogP contribution < -0.4 is 0 Å². The van der Waals surface area contributed by atoms with Crippen LogP contribution in [0.5, 0.6) is 0 Å². The predicted octanol–water partition coefficient (Wildman–Crippen LogP) is 3.18. The number of carboxylic acid groups (broad SMARTS) is 1. The minimum absolute atomic E-state index is 0.0261. The maximum atomic E-state index is 11.4. The quantitative estimate of drug-likeness (QED) is 0.628. The van der Waals surface area contributed by atoms with Crippen molar-refractivity contribution in [1.82, 2.24) is 19.7 Å². The number of carboxylic acids is 1. The van der Waals surface area contributed by atoms with Crippen molar-refractivity contribution in [3.63, 3.8) is 0 Å². The van der Waals surface area contributed by atoms with Crippen LogP contribution in [0.15, 0.2) is 67.1 Å². The third kappa shape index (κ3) is 2.30. The van der Waals surface area contributed by atoms with E-state index in [1.807, 2.05) is 36.4 Å². The Morgan fingerprint density at radius 3 is 2.67 bits per heavy atom. The summed E-state index contributed by atoms with van der Waals surface area (Å²) in [5, 5.41) is 14.5. The third-order valence-electron chi connectivity index (χ3n) is 3.73. The Balaban J connectivity index is 2.02. The first kappa shape index (κ1) is 14.1. The number of rotatable bonds is 3. The number of hydrogen-bond donors (Lipinski definition) is 1. The minimum Gasteiger partial charge on any atom is -0.476 e. The zero-order chi connectivity index (χ0) is 16.5. The molecular formula is C18H12N4O2. The molecule has 0 amide bonds. The second-order valence-corrected chi connectivity index (χ2v) is 5.23. The van der Waals surface area contributed by atoms with Crippen molar-refractivity contribution in [2.24, 2.45) is 0 Å². The molecule has 4 aromatic rings. The van der Waals surface area contributed by atoms with E-state index in [9.17, 15) is 9.90 Å². The Labute approximate surface area is 137 Å². The number of carbonyl (C=O) groups is 1. The zero-order valence-corrected chi connectivity index (χ0v) is 12.5. The smallest absolute Gasteiger partial charge is 0.356 e. The fourth-order valence-corrected chi connectivity index (χ4v) is 2.65.